The zero-order chi connectivity index (χ0) is 16.7. The molecule has 0 saturated carbocycles. The van der Waals surface area contributed by atoms with E-state index >= 15 is 0 Å². The van der Waals surface area contributed by atoms with Crippen molar-refractivity contribution in [1.82, 2.24) is 5.32 Å². The smallest absolute Gasteiger partial charge is 0.231 e. The summed E-state index contributed by atoms with van der Waals surface area (Å²) in [6.45, 7) is 0.814. The number of hydrogen-bond acceptors (Lipinski definition) is 4. The van der Waals surface area contributed by atoms with Crippen molar-refractivity contribution >= 4 is 23.3 Å². The topological polar surface area (TPSA) is 81.4 Å². The first-order valence-electron chi connectivity index (χ1n) is 7.09. The van der Waals surface area contributed by atoms with E-state index in [-0.39, 0.29) is 12.3 Å². The molecular weight excluding hydrogens is 316 g/mol. The van der Waals surface area contributed by atoms with Gasteiger partial charge in [0.25, 0.3) is 0 Å². The molecule has 0 aromatic heterocycles. The van der Waals surface area contributed by atoms with Crippen LogP contribution < -0.4 is 15.8 Å². The molecule has 2 rings (SSSR count). The lowest BCUT2D eigenvalue weighted by molar-refractivity contribution is -0.117. The minimum Gasteiger partial charge on any atom is -0.491 e. The highest BCUT2D eigenvalue weighted by molar-refractivity contribution is 6.31. The molecule has 0 bridgehead atoms. The number of carbonyl (C=O) groups excluding carboxylic acids is 2. The minimum absolute atomic E-state index is 0.0831. The fourth-order valence-electron chi connectivity index (χ4n) is 2.00. The van der Waals surface area contributed by atoms with Gasteiger partial charge in [-0.25, -0.2) is 0 Å². The Morgan fingerprint density at radius 1 is 1.13 bits per heavy atom. The van der Waals surface area contributed by atoms with E-state index in [1.54, 1.807) is 42.5 Å². The Balaban J connectivity index is 2.08. The summed E-state index contributed by atoms with van der Waals surface area (Å²) in [6, 6.07) is 13.8. The predicted molar refractivity (Wildman–Crippen MR) is 88.9 cm³/mol. The normalized spacial score (nSPS) is 10.3. The minimum atomic E-state index is -0.434. The second kappa shape index (κ2) is 8.31. The highest BCUT2D eigenvalue weighted by atomic mass is 35.5. The molecule has 2 aromatic carbocycles. The maximum atomic E-state index is 12.6. The van der Waals surface area contributed by atoms with Crippen molar-refractivity contribution in [1.29, 1.82) is 0 Å². The van der Waals surface area contributed by atoms with Crippen LogP contribution in [0.15, 0.2) is 48.5 Å². The molecule has 0 radical (unpaired) electrons. The van der Waals surface area contributed by atoms with E-state index in [9.17, 15) is 9.59 Å². The molecule has 0 saturated heterocycles. The number of nitrogens with two attached hydrogens (primary N) is 1. The van der Waals surface area contributed by atoms with Crippen molar-refractivity contribution < 1.29 is 14.3 Å². The summed E-state index contributed by atoms with van der Waals surface area (Å²) >= 11 is 6.00. The van der Waals surface area contributed by atoms with Crippen molar-refractivity contribution in [2.45, 2.75) is 0 Å². The van der Waals surface area contributed by atoms with E-state index in [4.69, 9.17) is 22.1 Å². The molecule has 0 heterocycles. The molecule has 0 spiro atoms. The highest BCUT2D eigenvalue weighted by Gasteiger charge is 2.15. The van der Waals surface area contributed by atoms with Gasteiger partial charge in [0.05, 0.1) is 12.1 Å². The molecule has 3 N–H and O–H groups in total. The molecule has 6 heteroatoms. The number of ether oxygens (including phenoxy) is 1. The van der Waals surface area contributed by atoms with Crippen molar-refractivity contribution in [2.24, 2.45) is 5.73 Å². The number of hydrogen-bond donors (Lipinski definition) is 2. The van der Waals surface area contributed by atoms with Gasteiger partial charge in [-0.15, -0.1) is 0 Å². The number of amides is 1. The van der Waals surface area contributed by atoms with Crippen LogP contribution in [0.4, 0.5) is 0 Å². The molecule has 0 unspecified atom stereocenters. The highest BCUT2D eigenvalue weighted by Crippen LogP contribution is 2.25. The summed E-state index contributed by atoms with van der Waals surface area (Å²) < 4.78 is 5.62. The first kappa shape index (κ1) is 17.0. The van der Waals surface area contributed by atoms with E-state index in [1.807, 2.05) is 6.07 Å². The summed E-state index contributed by atoms with van der Waals surface area (Å²) in [4.78, 5) is 23.2. The molecule has 2 aromatic rings. The Hall–Kier alpha value is -2.37. The zero-order valence-electron chi connectivity index (χ0n) is 12.4. The van der Waals surface area contributed by atoms with Gasteiger partial charge in [0.15, 0.2) is 5.78 Å². The van der Waals surface area contributed by atoms with Crippen LogP contribution >= 0.6 is 11.6 Å². The quantitative estimate of drug-likeness (QED) is 0.572. The summed E-state index contributed by atoms with van der Waals surface area (Å²) in [5.41, 5.74) is 5.99. The Morgan fingerprint density at radius 2 is 1.87 bits per heavy atom. The number of ketones is 1. The van der Waals surface area contributed by atoms with Gasteiger partial charge >= 0.3 is 0 Å². The molecule has 5 nitrogen and oxygen atoms in total. The van der Waals surface area contributed by atoms with E-state index in [0.29, 0.717) is 35.1 Å². The van der Waals surface area contributed by atoms with Gasteiger partial charge in [-0.3, -0.25) is 9.59 Å². The van der Waals surface area contributed by atoms with Gasteiger partial charge in [0.1, 0.15) is 12.4 Å². The number of carbonyl (C=O) groups is 2. The summed E-state index contributed by atoms with van der Waals surface area (Å²) in [5.74, 6) is -0.145. The SMILES string of the molecule is NC(=O)CNCCOc1ccc(Cl)cc1C(=O)c1ccccc1. The maximum absolute atomic E-state index is 12.6. The second-order valence-electron chi connectivity index (χ2n) is 4.83. The average molecular weight is 333 g/mol. The summed E-state index contributed by atoms with van der Waals surface area (Å²) in [5, 5.41) is 3.30. The molecule has 0 fully saturated rings. The van der Waals surface area contributed by atoms with Crippen molar-refractivity contribution in [3.63, 3.8) is 0 Å². The number of primary amides is 1. The van der Waals surface area contributed by atoms with Crippen LogP contribution in [0.5, 0.6) is 5.75 Å². The van der Waals surface area contributed by atoms with E-state index in [1.165, 1.54) is 0 Å². The summed E-state index contributed by atoms with van der Waals surface area (Å²) in [6.07, 6.45) is 0. The standard InChI is InChI=1S/C17H17ClN2O3/c18-13-6-7-15(23-9-8-20-11-16(19)21)14(10-13)17(22)12-4-2-1-3-5-12/h1-7,10,20H,8-9,11H2,(H2,19,21). The van der Waals surface area contributed by atoms with Crippen LogP contribution in [0.2, 0.25) is 5.02 Å². The van der Waals surface area contributed by atoms with E-state index < -0.39 is 5.91 Å². The molecule has 0 atom stereocenters. The van der Waals surface area contributed by atoms with Crippen molar-refractivity contribution in [3.05, 3.63) is 64.7 Å². The molecule has 23 heavy (non-hydrogen) atoms. The average Bonchev–Trinajstić information content (AvgIpc) is 2.55. The molecule has 1 amide bonds. The molecular formula is C17H17ClN2O3. The van der Waals surface area contributed by atoms with Crippen molar-refractivity contribution in [3.8, 4) is 5.75 Å². The van der Waals surface area contributed by atoms with Gasteiger partial charge in [0.2, 0.25) is 5.91 Å². The van der Waals surface area contributed by atoms with Crippen LogP contribution in [-0.2, 0) is 4.79 Å². The fraction of sp³-hybridized carbons (Fsp3) is 0.176. The van der Waals surface area contributed by atoms with Gasteiger partial charge in [0, 0.05) is 17.1 Å². The first-order chi connectivity index (χ1) is 11.1. The largest absolute Gasteiger partial charge is 0.491 e. The Kier molecular flexibility index (Phi) is 6.14. The number of rotatable bonds is 8. The monoisotopic (exact) mass is 332 g/mol. The van der Waals surface area contributed by atoms with Gasteiger partial charge in [-0.1, -0.05) is 41.9 Å². The lowest BCUT2D eigenvalue weighted by atomic mass is 10.0. The van der Waals surface area contributed by atoms with Gasteiger partial charge < -0.3 is 15.8 Å². The van der Waals surface area contributed by atoms with Crippen LogP contribution in [0.1, 0.15) is 15.9 Å². The van der Waals surface area contributed by atoms with Crippen LogP contribution in [0.3, 0.4) is 0 Å². The lowest BCUT2D eigenvalue weighted by Gasteiger charge is -2.11. The third-order valence-electron chi connectivity index (χ3n) is 3.06. The number of nitrogens with one attached hydrogen (secondary N) is 1. The fourth-order valence-corrected chi connectivity index (χ4v) is 2.17. The molecule has 120 valence electrons. The van der Waals surface area contributed by atoms with Crippen LogP contribution in [-0.4, -0.2) is 31.4 Å². The Labute approximate surface area is 139 Å². The van der Waals surface area contributed by atoms with Gasteiger partial charge in [-0.2, -0.15) is 0 Å². The zero-order valence-corrected chi connectivity index (χ0v) is 13.2. The second-order valence-corrected chi connectivity index (χ2v) is 5.26. The molecule has 0 aliphatic heterocycles. The third kappa shape index (κ3) is 5.09. The van der Waals surface area contributed by atoms with Crippen molar-refractivity contribution in [2.75, 3.05) is 19.7 Å². The third-order valence-corrected chi connectivity index (χ3v) is 3.29. The van der Waals surface area contributed by atoms with E-state index in [2.05, 4.69) is 5.32 Å². The number of halogens is 1. The van der Waals surface area contributed by atoms with E-state index in [0.717, 1.165) is 0 Å². The molecule has 0 aliphatic carbocycles. The Bertz CT molecular complexity index is 689. The summed E-state index contributed by atoms with van der Waals surface area (Å²) in [7, 11) is 0. The Morgan fingerprint density at radius 3 is 2.57 bits per heavy atom. The molecule has 0 aliphatic rings. The van der Waals surface area contributed by atoms with Gasteiger partial charge in [-0.05, 0) is 18.2 Å². The number of benzene rings is 2. The first-order valence-corrected chi connectivity index (χ1v) is 7.47. The maximum Gasteiger partial charge on any atom is 0.231 e. The van der Waals surface area contributed by atoms with Crippen LogP contribution in [0.25, 0.3) is 0 Å². The van der Waals surface area contributed by atoms with Crippen LogP contribution in [0, 0.1) is 0 Å². The predicted octanol–water partition coefficient (Wildman–Crippen LogP) is 2.02. The lowest BCUT2D eigenvalue weighted by Crippen LogP contribution is -2.31.